The van der Waals surface area contributed by atoms with Crippen LogP contribution >= 0.6 is 0 Å². The second kappa shape index (κ2) is 6.27. The van der Waals surface area contributed by atoms with E-state index in [2.05, 4.69) is 47.6 Å². The first kappa shape index (κ1) is 13.7. The average Bonchev–Trinajstić information content (AvgIpc) is 2.02. The second-order valence-corrected chi connectivity index (χ2v) is 5.72. The van der Waals surface area contributed by atoms with Gasteiger partial charge in [0.1, 0.15) is 0 Å². The van der Waals surface area contributed by atoms with Crippen LogP contribution in [0.15, 0.2) is 11.6 Å². The van der Waals surface area contributed by atoms with Crippen LogP contribution in [-0.4, -0.2) is 0 Å². The molecule has 0 aliphatic heterocycles. The van der Waals surface area contributed by atoms with Crippen molar-refractivity contribution in [1.82, 2.24) is 0 Å². The molecule has 0 spiro atoms. The number of rotatable bonds is 6. The molecule has 0 rings (SSSR count). The van der Waals surface area contributed by atoms with E-state index >= 15 is 0 Å². The summed E-state index contributed by atoms with van der Waals surface area (Å²) in [6, 6.07) is 0. The van der Waals surface area contributed by atoms with E-state index in [1.165, 1.54) is 25.7 Å². The van der Waals surface area contributed by atoms with E-state index in [1.54, 1.807) is 5.57 Å². The molecule has 0 aromatic heterocycles. The normalized spacial score (nSPS) is 13.8. The minimum atomic E-state index is 0.485. The average molecular weight is 196 g/mol. The molecule has 0 aromatic carbocycles. The molecule has 0 amide bonds. The van der Waals surface area contributed by atoms with Crippen molar-refractivity contribution in [3.63, 3.8) is 0 Å². The first-order chi connectivity index (χ1) is 6.37. The quantitative estimate of drug-likeness (QED) is 0.512. The van der Waals surface area contributed by atoms with Gasteiger partial charge in [-0.3, -0.25) is 0 Å². The van der Waals surface area contributed by atoms with Crippen LogP contribution < -0.4 is 0 Å². The lowest BCUT2D eigenvalue weighted by atomic mass is 9.83. The fourth-order valence-electron chi connectivity index (χ4n) is 1.62. The van der Waals surface area contributed by atoms with Crippen LogP contribution in [0.4, 0.5) is 0 Å². The van der Waals surface area contributed by atoms with E-state index in [0.717, 1.165) is 5.92 Å². The summed E-state index contributed by atoms with van der Waals surface area (Å²) in [4.78, 5) is 0. The van der Waals surface area contributed by atoms with Crippen molar-refractivity contribution >= 4 is 0 Å². The first-order valence-electron chi connectivity index (χ1n) is 6.03. The van der Waals surface area contributed by atoms with Gasteiger partial charge < -0.3 is 0 Å². The maximum Gasteiger partial charge on any atom is -0.0272 e. The fraction of sp³-hybridized carbons (Fsp3) is 0.857. The summed E-state index contributed by atoms with van der Waals surface area (Å²) in [6.07, 6.45) is 7.52. The van der Waals surface area contributed by atoms with Crippen LogP contribution in [0.5, 0.6) is 0 Å². The second-order valence-electron chi connectivity index (χ2n) is 5.72. The van der Waals surface area contributed by atoms with Crippen LogP contribution in [0, 0.1) is 11.3 Å². The molecule has 84 valence electrons. The number of allylic oxidation sites excluding steroid dienone is 2. The molecule has 0 N–H and O–H groups in total. The predicted molar refractivity (Wildman–Crippen MR) is 66.5 cm³/mol. The summed E-state index contributed by atoms with van der Waals surface area (Å²) in [6.45, 7) is 13.8. The largest absolute Gasteiger partial charge is 0.0856 e. The molecule has 0 heteroatoms. The summed E-state index contributed by atoms with van der Waals surface area (Å²) in [5.74, 6) is 0.832. The third-order valence-corrected chi connectivity index (χ3v) is 2.95. The number of hydrogen-bond acceptors (Lipinski definition) is 0. The topological polar surface area (TPSA) is 0 Å². The van der Waals surface area contributed by atoms with Crippen molar-refractivity contribution in [2.24, 2.45) is 11.3 Å². The van der Waals surface area contributed by atoms with Crippen LogP contribution in [0.3, 0.4) is 0 Å². The highest BCUT2D eigenvalue weighted by molar-refractivity contribution is 5.01. The zero-order valence-corrected chi connectivity index (χ0v) is 11.0. The summed E-state index contributed by atoms with van der Waals surface area (Å²) >= 11 is 0. The Morgan fingerprint density at radius 3 is 2.29 bits per heavy atom. The third kappa shape index (κ3) is 7.17. The van der Waals surface area contributed by atoms with Crippen molar-refractivity contribution in [3.8, 4) is 0 Å². The van der Waals surface area contributed by atoms with Gasteiger partial charge in [0.15, 0.2) is 0 Å². The van der Waals surface area contributed by atoms with Crippen molar-refractivity contribution in [2.75, 3.05) is 0 Å². The highest BCUT2D eigenvalue weighted by atomic mass is 14.2. The summed E-state index contributed by atoms with van der Waals surface area (Å²) in [7, 11) is 0. The molecule has 14 heavy (non-hydrogen) atoms. The molecular formula is C14H28. The molecule has 0 fully saturated rings. The molecule has 0 aliphatic carbocycles. The van der Waals surface area contributed by atoms with Gasteiger partial charge >= 0.3 is 0 Å². The van der Waals surface area contributed by atoms with Gasteiger partial charge in [-0.1, -0.05) is 52.7 Å². The van der Waals surface area contributed by atoms with Crippen LogP contribution in [0.25, 0.3) is 0 Å². The zero-order valence-electron chi connectivity index (χ0n) is 11.0. The van der Waals surface area contributed by atoms with Gasteiger partial charge in [0.2, 0.25) is 0 Å². The van der Waals surface area contributed by atoms with Gasteiger partial charge in [0.05, 0.1) is 0 Å². The van der Waals surface area contributed by atoms with E-state index in [-0.39, 0.29) is 0 Å². The van der Waals surface area contributed by atoms with E-state index < -0.39 is 0 Å². The van der Waals surface area contributed by atoms with Crippen molar-refractivity contribution < 1.29 is 0 Å². The minimum absolute atomic E-state index is 0.485. The predicted octanol–water partition coefficient (Wildman–Crippen LogP) is 5.20. The molecule has 0 unspecified atom stereocenters. The standard InChI is InChI=1S/C14H28/c1-7-14(5,6)11-13(4)10-8-9-12(2)3/h10,12H,7-9,11H2,1-6H3/b13-10+. The molecule has 0 nitrogen and oxygen atoms in total. The van der Waals surface area contributed by atoms with Crippen LogP contribution in [0.2, 0.25) is 0 Å². The number of hydrogen-bond donors (Lipinski definition) is 0. The molecule has 0 radical (unpaired) electrons. The Bertz CT molecular complexity index is 172. The highest BCUT2D eigenvalue weighted by Gasteiger charge is 2.14. The van der Waals surface area contributed by atoms with Gasteiger partial charge in [-0.15, -0.1) is 0 Å². The van der Waals surface area contributed by atoms with E-state index in [0.29, 0.717) is 5.41 Å². The van der Waals surface area contributed by atoms with E-state index in [9.17, 15) is 0 Å². The summed E-state index contributed by atoms with van der Waals surface area (Å²) in [5.41, 5.74) is 2.05. The smallest absolute Gasteiger partial charge is 0.0272 e. The summed E-state index contributed by atoms with van der Waals surface area (Å²) < 4.78 is 0. The third-order valence-electron chi connectivity index (χ3n) is 2.95. The zero-order chi connectivity index (χ0) is 11.2. The van der Waals surface area contributed by atoms with Crippen molar-refractivity contribution in [1.29, 1.82) is 0 Å². The Kier molecular flexibility index (Phi) is 6.15. The van der Waals surface area contributed by atoms with Gasteiger partial charge in [0, 0.05) is 0 Å². The molecule has 0 saturated carbocycles. The van der Waals surface area contributed by atoms with Gasteiger partial charge in [-0.2, -0.15) is 0 Å². The van der Waals surface area contributed by atoms with Gasteiger partial charge in [-0.25, -0.2) is 0 Å². The Balaban J connectivity index is 3.89. The molecule has 0 bridgehead atoms. The highest BCUT2D eigenvalue weighted by Crippen LogP contribution is 2.28. The molecule has 0 aliphatic rings. The molecular weight excluding hydrogens is 168 g/mol. The SMILES string of the molecule is CCC(C)(C)C/C(C)=C/CCC(C)C. The minimum Gasteiger partial charge on any atom is -0.0856 e. The molecule has 0 aromatic rings. The lowest BCUT2D eigenvalue weighted by Crippen LogP contribution is -2.09. The molecule has 0 heterocycles. The lowest BCUT2D eigenvalue weighted by molar-refractivity contribution is 0.347. The van der Waals surface area contributed by atoms with Crippen molar-refractivity contribution in [2.45, 2.75) is 67.2 Å². The van der Waals surface area contributed by atoms with Gasteiger partial charge in [-0.05, 0) is 37.5 Å². The maximum atomic E-state index is 2.43. The lowest BCUT2D eigenvalue weighted by Gasteiger charge is -2.22. The monoisotopic (exact) mass is 196 g/mol. The fourth-order valence-corrected chi connectivity index (χ4v) is 1.62. The summed E-state index contributed by atoms with van der Waals surface area (Å²) in [5, 5.41) is 0. The Morgan fingerprint density at radius 2 is 1.86 bits per heavy atom. The van der Waals surface area contributed by atoms with Gasteiger partial charge in [0.25, 0.3) is 0 Å². The maximum absolute atomic E-state index is 2.43. The van der Waals surface area contributed by atoms with E-state index in [1.807, 2.05) is 0 Å². The molecule has 0 atom stereocenters. The molecule has 0 saturated heterocycles. The van der Waals surface area contributed by atoms with Crippen LogP contribution in [0.1, 0.15) is 67.2 Å². The van der Waals surface area contributed by atoms with Crippen LogP contribution in [-0.2, 0) is 0 Å². The first-order valence-corrected chi connectivity index (χ1v) is 6.03. The Hall–Kier alpha value is -0.260. The van der Waals surface area contributed by atoms with E-state index in [4.69, 9.17) is 0 Å². The van der Waals surface area contributed by atoms with Crippen molar-refractivity contribution in [3.05, 3.63) is 11.6 Å². The Labute approximate surface area is 90.8 Å². The Morgan fingerprint density at radius 1 is 1.29 bits per heavy atom.